The molecule has 0 nitrogen and oxygen atoms in total. The zero-order chi connectivity index (χ0) is 15.9. The van der Waals surface area contributed by atoms with Gasteiger partial charge in [-0.25, -0.2) is 11.1 Å². The average Bonchev–Trinajstić information content (AvgIpc) is 2.60. The van der Waals surface area contributed by atoms with Crippen molar-refractivity contribution in [2.45, 2.75) is 69.2 Å². The molecule has 0 aromatic carbocycles. The van der Waals surface area contributed by atoms with E-state index < -0.39 is 0 Å². The molecule has 0 N–H and O–H groups in total. The van der Waals surface area contributed by atoms with E-state index in [0.29, 0.717) is 0 Å². The maximum absolute atomic E-state index is 3.44. The molecule has 0 bridgehead atoms. The smallest absolute Gasteiger partial charge is 0 e. The summed E-state index contributed by atoms with van der Waals surface area (Å²) in [5.74, 6) is 0. The van der Waals surface area contributed by atoms with Gasteiger partial charge in [-0.3, -0.25) is 12.2 Å². The van der Waals surface area contributed by atoms with Crippen molar-refractivity contribution in [3.05, 3.63) is 45.6 Å². The van der Waals surface area contributed by atoms with Crippen LogP contribution in [0.3, 0.4) is 0 Å². The second kappa shape index (κ2) is 6.94. The van der Waals surface area contributed by atoms with E-state index in [4.69, 9.17) is 0 Å². The minimum Gasteiger partial charge on any atom is -1.00 e. The van der Waals surface area contributed by atoms with E-state index in [1.54, 1.807) is 0 Å². The third-order valence-corrected chi connectivity index (χ3v) is 5.12. The number of hydrogen-bond donors (Lipinski definition) is 0. The molecule has 21 heavy (non-hydrogen) atoms. The Bertz CT molecular complexity index is 494. The molecule has 0 atom stereocenters. The third kappa shape index (κ3) is 4.41. The van der Waals surface area contributed by atoms with Gasteiger partial charge in [0.1, 0.15) is 0 Å². The molecule has 0 heterocycles. The normalized spacial score (nSPS) is 22.4. The van der Waals surface area contributed by atoms with Gasteiger partial charge < -0.3 is 2.85 Å². The zero-order valence-corrected chi connectivity index (χ0v) is 19.1. The molecule has 0 saturated heterocycles. The first kappa shape index (κ1) is 20.8. The van der Waals surface area contributed by atoms with Crippen LogP contribution in [0, 0.1) is 23.0 Å². The molecule has 2 rings (SSSR count). The van der Waals surface area contributed by atoms with Gasteiger partial charge >= 0.3 is 0 Å². The molecule has 2 aliphatic rings. The SMILES string of the molecule is CC1=[C-]C(C)(C)C(C)=C1C.CC1=[C-]C(C)(C)C(C)=C1C.[H-].[H-].[Hf]. The summed E-state index contributed by atoms with van der Waals surface area (Å²) >= 11 is 0. The van der Waals surface area contributed by atoms with Gasteiger partial charge in [-0.05, 0) is 0 Å². The van der Waals surface area contributed by atoms with Crippen molar-refractivity contribution in [1.29, 1.82) is 0 Å². The Morgan fingerprint density at radius 3 is 0.905 bits per heavy atom. The van der Waals surface area contributed by atoms with E-state index in [0.717, 1.165) is 0 Å². The van der Waals surface area contributed by atoms with E-state index in [9.17, 15) is 0 Å². The van der Waals surface area contributed by atoms with Crippen molar-refractivity contribution in [2.24, 2.45) is 10.8 Å². The maximum atomic E-state index is 3.44. The van der Waals surface area contributed by atoms with Crippen LogP contribution in [-0.2, 0) is 25.8 Å². The molecule has 0 unspecified atom stereocenters. The van der Waals surface area contributed by atoms with Crippen LogP contribution < -0.4 is 0 Å². The first-order valence-electron chi connectivity index (χ1n) is 7.50. The van der Waals surface area contributed by atoms with Crippen LogP contribution in [0.15, 0.2) is 33.4 Å². The molecule has 0 aromatic rings. The molecule has 0 amide bonds. The van der Waals surface area contributed by atoms with Gasteiger partial charge in [0.25, 0.3) is 0 Å². The fourth-order valence-electron chi connectivity index (χ4n) is 2.81. The van der Waals surface area contributed by atoms with Crippen LogP contribution in [0.5, 0.6) is 0 Å². The standard InChI is InChI=1S/2C10H15.Hf.2H/c2*1-7-6-10(4,5)9(3)8(7)2;;;/h2*1-5H3;;;/q2*-1;;2*-1. The van der Waals surface area contributed by atoms with Gasteiger partial charge in [-0.15, -0.1) is 13.8 Å². The van der Waals surface area contributed by atoms with Crippen molar-refractivity contribution in [3.63, 3.8) is 0 Å². The van der Waals surface area contributed by atoms with E-state index >= 15 is 0 Å². The zero-order valence-electron chi connectivity index (χ0n) is 17.5. The van der Waals surface area contributed by atoms with Crippen LogP contribution >= 0.6 is 0 Å². The van der Waals surface area contributed by atoms with Crippen molar-refractivity contribution in [2.75, 3.05) is 0 Å². The molecule has 120 valence electrons. The molecule has 2 aliphatic carbocycles. The van der Waals surface area contributed by atoms with Crippen LogP contribution in [0.25, 0.3) is 0 Å². The Balaban J connectivity index is -0.000000308. The summed E-state index contributed by atoms with van der Waals surface area (Å²) in [5, 5.41) is 0. The monoisotopic (exact) mass is 452 g/mol. The summed E-state index contributed by atoms with van der Waals surface area (Å²) in [6, 6.07) is 0. The quantitative estimate of drug-likeness (QED) is 0.294. The maximum Gasteiger partial charge on any atom is 0 e. The van der Waals surface area contributed by atoms with E-state index in [-0.39, 0.29) is 39.5 Å². The Morgan fingerprint density at radius 1 is 0.619 bits per heavy atom. The van der Waals surface area contributed by atoms with Crippen molar-refractivity contribution in [3.8, 4) is 0 Å². The second-order valence-electron chi connectivity index (χ2n) is 7.25. The Labute approximate surface area is 154 Å². The van der Waals surface area contributed by atoms with Crippen molar-refractivity contribution < 1.29 is 28.7 Å². The number of allylic oxidation sites excluding steroid dienone is 8. The van der Waals surface area contributed by atoms with Gasteiger partial charge in [-0.2, -0.15) is 22.3 Å². The molecule has 1 heteroatoms. The summed E-state index contributed by atoms with van der Waals surface area (Å²) < 4.78 is 0. The molecule has 0 saturated carbocycles. The average molecular weight is 451 g/mol. The summed E-state index contributed by atoms with van der Waals surface area (Å²) in [4.78, 5) is 0. The Morgan fingerprint density at radius 2 is 0.857 bits per heavy atom. The van der Waals surface area contributed by atoms with Gasteiger partial charge in [0.05, 0.1) is 0 Å². The van der Waals surface area contributed by atoms with E-state index in [1.165, 1.54) is 33.4 Å². The molecular formula is C20H32Hf-4. The minimum atomic E-state index is 0. The predicted molar refractivity (Wildman–Crippen MR) is 91.4 cm³/mol. The minimum absolute atomic E-state index is 0. The van der Waals surface area contributed by atoms with Crippen LogP contribution in [0.4, 0.5) is 0 Å². The van der Waals surface area contributed by atoms with Crippen molar-refractivity contribution in [1.82, 2.24) is 0 Å². The molecule has 0 fully saturated rings. The van der Waals surface area contributed by atoms with E-state index in [2.05, 4.69) is 81.4 Å². The van der Waals surface area contributed by atoms with Crippen molar-refractivity contribution >= 4 is 0 Å². The molecule has 0 aromatic heterocycles. The second-order valence-corrected chi connectivity index (χ2v) is 7.25. The Kier molecular flexibility index (Phi) is 6.88. The number of rotatable bonds is 0. The summed E-state index contributed by atoms with van der Waals surface area (Å²) in [6.07, 6.45) is 6.87. The van der Waals surface area contributed by atoms with Gasteiger partial charge in [-0.1, -0.05) is 66.2 Å². The van der Waals surface area contributed by atoms with Crippen LogP contribution in [-0.4, -0.2) is 0 Å². The van der Waals surface area contributed by atoms with Crippen LogP contribution in [0.1, 0.15) is 72.1 Å². The number of hydrogen-bond acceptors (Lipinski definition) is 0. The molecule has 0 radical (unpaired) electrons. The Hall–Kier alpha value is -0.170. The summed E-state index contributed by atoms with van der Waals surface area (Å²) in [6.45, 7) is 21.8. The third-order valence-electron chi connectivity index (χ3n) is 5.12. The topological polar surface area (TPSA) is 0 Å². The van der Waals surface area contributed by atoms with Crippen LogP contribution in [0.2, 0.25) is 0 Å². The molecule has 0 aliphatic heterocycles. The largest absolute Gasteiger partial charge is 1.00 e. The molecule has 0 spiro atoms. The van der Waals surface area contributed by atoms with E-state index in [1.807, 2.05) is 0 Å². The fourth-order valence-corrected chi connectivity index (χ4v) is 2.81. The van der Waals surface area contributed by atoms with Gasteiger partial charge in [0, 0.05) is 25.8 Å². The predicted octanol–water partition coefficient (Wildman–Crippen LogP) is 6.45. The summed E-state index contributed by atoms with van der Waals surface area (Å²) in [7, 11) is 0. The molecular weight excluding hydrogens is 419 g/mol. The first-order valence-corrected chi connectivity index (χ1v) is 7.50. The van der Waals surface area contributed by atoms with Gasteiger partial charge in [0.15, 0.2) is 0 Å². The fraction of sp³-hybridized carbons (Fsp3) is 0.600. The first-order chi connectivity index (χ1) is 8.90. The summed E-state index contributed by atoms with van der Waals surface area (Å²) in [5.41, 5.74) is 8.79. The van der Waals surface area contributed by atoms with Gasteiger partial charge in [0.2, 0.25) is 0 Å².